The number of amides is 2. The zero-order valence-electron chi connectivity index (χ0n) is 14.9. The van der Waals surface area contributed by atoms with Gasteiger partial charge in [0, 0.05) is 5.56 Å². The summed E-state index contributed by atoms with van der Waals surface area (Å²) in [5, 5.41) is 0. The molecule has 1 aliphatic carbocycles. The fourth-order valence-corrected chi connectivity index (χ4v) is 4.02. The van der Waals surface area contributed by atoms with Gasteiger partial charge < -0.3 is 11.5 Å². The lowest BCUT2D eigenvalue weighted by atomic mass is 9.83. The number of nitrogens with zero attached hydrogens (tertiary/aromatic N) is 2. The third-order valence-electron chi connectivity index (χ3n) is 5.69. The summed E-state index contributed by atoms with van der Waals surface area (Å²) in [5.74, 6) is -0.157. The molecule has 0 aromatic heterocycles. The Kier molecular flexibility index (Phi) is 4.54. The average molecular weight is 342 g/mol. The van der Waals surface area contributed by atoms with Crippen LogP contribution in [0, 0.1) is 0 Å². The number of benzene rings is 1. The third kappa shape index (κ3) is 3.01. The Morgan fingerprint density at radius 1 is 1.36 bits per heavy atom. The van der Waals surface area contributed by atoms with E-state index in [1.165, 1.54) is 0 Å². The van der Waals surface area contributed by atoms with Crippen molar-refractivity contribution in [3.63, 3.8) is 0 Å². The minimum Gasteiger partial charge on any atom is -0.369 e. The smallest absolute Gasteiger partial charge is 0.248 e. The number of guanidine groups is 1. The number of primary amides is 1. The number of aryl methyl sites for hydroxylation is 1. The zero-order valence-corrected chi connectivity index (χ0v) is 14.9. The van der Waals surface area contributed by atoms with Crippen LogP contribution in [0.3, 0.4) is 0 Å². The van der Waals surface area contributed by atoms with Gasteiger partial charge in [-0.15, -0.1) is 0 Å². The first-order valence-electron chi connectivity index (χ1n) is 9.01. The minimum atomic E-state index is -0.463. The van der Waals surface area contributed by atoms with Gasteiger partial charge >= 0.3 is 0 Å². The number of nitrogens with two attached hydrogens (primary N) is 2. The molecule has 0 bridgehead atoms. The molecule has 0 saturated heterocycles. The maximum absolute atomic E-state index is 12.9. The lowest BCUT2D eigenvalue weighted by molar-refractivity contribution is -0.131. The summed E-state index contributed by atoms with van der Waals surface area (Å²) in [6.45, 7) is 4.08. The first kappa shape index (κ1) is 17.5. The fraction of sp³-hybridized carbons (Fsp3) is 0.526. The summed E-state index contributed by atoms with van der Waals surface area (Å²) < 4.78 is 0. The standard InChI is InChI=1S/C19H26N4O2/c1-3-19(4-2)11-16(24)23(18(21)22-19)15-7-5-6-12-8-9-13(17(20)25)10-14(12)15/h8-10,15H,3-7,11H2,1-2H3,(H2,20,25)(H2,21,22)/t15-/m1/s1. The van der Waals surface area contributed by atoms with Gasteiger partial charge in [0.25, 0.3) is 0 Å². The van der Waals surface area contributed by atoms with Crippen molar-refractivity contribution in [2.75, 3.05) is 0 Å². The second kappa shape index (κ2) is 6.50. The zero-order chi connectivity index (χ0) is 18.2. The Bertz CT molecular complexity index is 737. The van der Waals surface area contributed by atoms with Crippen molar-refractivity contribution in [1.82, 2.24) is 4.90 Å². The monoisotopic (exact) mass is 342 g/mol. The van der Waals surface area contributed by atoms with Crippen LogP contribution in [0.15, 0.2) is 23.2 Å². The SMILES string of the molecule is CCC1(CC)CC(=O)N([C@@H]2CCCc3ccc(C(N)=O)cc32)C(N)=N1. The first-order chi connectivity index (χ1) is 11.9. The molecule has 0 spiro atoms. The van der Waals surface area contributed by atoms with Crippen LogP contribution < -0.4 is 11.5 Å². The molecular weight excluding hydrogens is 316 g/mol. The molecule has 6 nitrogen and oxygen atoms in total. The average Bonchev–Trinajstić information content (AvgIpc) is 2.60. The lowest BCUT2D eigenvalue weighted by Gasteiger charge is -2.41. The summed E-state index contributed by atoms with van der Waals surface area (Å²) in [6, 6.07) is 5.32. The molecule has 1 heterocycles. The van der Waals surface area contributed by atoms with E-state index >= 15 is 0 Å². The molecule has 0 unspecified atom stereocenters. The van der Waals surface area contributed by atoms with E-state index in [-0.39, 0.29) is 17.5 Å². The molecule has 1 aromatic carbocycles. The Balaban J connectivity index is 2.03. The predicted octanol–water partition coefficient (Wildman–Crippen LogP) is 2.27. The predicted molar refractivity (Wildman–Crippen MR) is 97.0 cm³/mol. The number of hydrogen-bond acceptors (Lipinski definition) is 4. The Morgan fingerprint density at radius 3 is 2.68 bits per heavy atom. The second-order valence-electron chi connectivity index (χ2n) is 7.03. The van der Waals surface area contributed by atoms with E-state index < -0.39 is 5.91 Å². The van der Waals surface area contributed by atoms with Gasteiger partial charge in [0.05, 0.1) is 18.0 Å². The molecule has 0 saturated carbocycles. The molecule has 0 radical (unpaired) electrons. The maximum atomic E-state index is 12.9. The lowest BCUT2D eigenvalue weighted by Crippen LogP contribution is -2.53. The van der Waals surface area contributed by atoms with E-state index in [0.717, 1.165) is 43.2 Å². The van der Waals surface area contributed by atoms with Crippen LogP contribution in [0.2, 0.25) is 0 Å². The number of fused-ring (bicyclic) bond motifs is 1. The fourth-order valence-electron chi connectivity index (χ4n) is 4.02. The van der Waals surface area contributed by atoms with Gasteiger partial charge in [0.15, 0.2) is 5.96 Å². The highest BCUT2D eigenvalue weighted by Gasteiger charge is 2.41. The number of carbonyl (C=O) groups is 2. The molecule has 134 valence electrons. The molecule has 6 heteroatoms. The van der Waals surface area contributed by atoms with Crippen molar-refractivity contribution in [1.29, 1.82) is 0 Å². The Morgan fingerprint density at radius 2 is 2.08 bits per heavy atom. The number of rotatable bonds is 4. The topological polar surface area (TPSA) is 102 Å². The van der Waals surface area contributed by atoms with Crippen LogP contribution in [0.4, 0.5) is 0 Å². The Hall–Kier alpha value is -2.37. The van der Waals surface area contributed by atoms with Gasteiger partial charge in [-0.2, -0.15) is 0 Å². The summed E-state index contributed by atoms with van der Waals surface area (Å²) in [5.41, 5.74) is 13.9. The van der Waals surface area contributed by atoms with Gasteiger partial charge in [0.1, 0.15) is 0 Å². The number of carbonyl (C=O) groups excluding carboxylic acids is 2. The molecule has 1 aliphatic heterocycles. The third-order valence-corrected chi connectivity index (χ3v) is 5.69. The van der Waals surface area contributed by atoms with Gasteiger partial charge in [-0.05, 0) is 55.4 Å². The van der Waals surface area contributed by atoms with Gasteiger partial charge in [0.2, 0.25) is 11.8 Å². The van der Waals surface area contributed by atoms with Gasteiger partial charge in [-0.3, -0.25) is 14.5 Å². The van der Waals surface area contributed by atoms with E-state index in [0.29, 0.717) is 17.9 Å². The van der Waals surface area contributed by atoms with Crippen LogP contribution in [0.1, 0.15) is 73.5 Å². The molecule has 2 amide bonds. The second-order valence-corrected chi connectivity index (χ2v) is 7.03. The van der Waals surface area contributed by atoms with Crippen molar-refractivity contribution in [3.8, 4) is 0 Å². The summed E-state index contributed by atoms with van der Waals surface area (Å²) in [6.07, 6.45) is 4.66. The highest BCUT2D eigenvalue weighted by molar-refractivity contribution is 6.00. The molecule has 25 heavy (non-hydrogen) atoms. The van der Waals surface area contributed by atoms with Crippen molar-refractivity contribution >= 4 is 17.8 Å². The van der Waals surface area contributed by atoms with E-state index in [1.54, 1.807) is 11.0 Å². The van der Waals surface area contributed by atoms with Crippen molar-refractivity contribution in [3.05, 3.63) is 34.9 Å². The summed E-state index contributed by atoms with van der Waals surface area (Å²) in [7, 11) is 0. The Labute approximate surface area is 148 Å². The molecule has 1 aromatic rings. The highest BCUT2D eigenvalue weighted by Crippen LogP contribution is 2.39. The molecule has 2 aliphatic rings. The van der Waals surface area contributed by atoms with E-state index in [2.05, 4.69) is 0 Å². The number of aliphatic imine (C=N–C) groups is 1. The van der Waals surface area contributed by atoms with Gasteiger partial charge in [-0.1, -0.05) is 19.9 Å². The van der Waals surface area contributed by atoms with Crippen molar-refractivity contribution in [2.45, 2.75) is 64.0 Å². The summed E-state index contributed by atoms with van der Waals surface area (Å²) >= 11 is 0. The van der Waals surface area contributed by atoms with Crippen LogP contribution in [0.5, 0.6) is 0 Å². The molecule has 4 N–H and O–H groups in total. The van der Waals surface area contributed by atoms with E-state index in [9.17, 15) is 9.59 Å². The largest absolute Gasteiger partial charge is 0.369 e. The van der Waals surface area contributed by atoms with E-state index in [4.69, 9.17) is 16.5 Å². The normalized spacial score (nSPS) is 22.3. The van der Waals surface area contributed by atoms with Crippen molar-refractivity contribution in [2.24, 2.45) is 16.5 Å². The quantitative estimate of drug-likeness (QED) is 0.877. The summed E-state index contributed by atoms with van der Waals surface area (Å²) in [4.78, 5) is 30.8. The highest BCUT2D eigenvalue weighted by atomic mass is 16.2. The maximum Gasteiger partial charge on any atom is 0.248 e. The molecule has 1 atom stereocenters. The molecule has 3 rings (SSSR count). The molecular formula is C19H26N4O2. The minimum absolute atomic E-state index is 0.0125. The van der Waals surface area contributed by atoms with Crippen LogP contribution in [-0.4, -0.2) is 28.2 Å². The molecule has 0 fully saturated rings. The first-order valence-corrected chi connectivity index (χ1v) is 9.01. The number of hydrogen-bond donors (Lipinski definition) is 2. The van der Waals surface area contributed by atoms with Gasteiger partial charge in [-0.25, -0.2) is 4.99 Å². The van der Waals surface area contributed by atoms with Crippen molar-refractivity contribution < 1.29 is 9.59 Å². The van der Waals surface area contributed by atoms with Crippen LogP contribution >= 0.6 is 0 Å². The van der Waals surface area contributed by atoms with E-state index in [1.807, 2.05) is 26.0 Å². The van der Waals surface area contributed by atoms with Crippen LogP contribution in [0.25, 0.3) is 0 Å². The van der Waals surface area contributed by atoms with Crippen LogP contribution in [-0.2, 0) is 11.2 Å².